The van der Waals surface area contributed by atoms with Crippen LogP contribution in [0.15, 0.2) is 47.8 Å². The first-order valence-corrected chi connectivity index (χ1v) is 6.25. The molecule has 17 heavy (non-hydrogen) atoms. The first-order chi connectivity index (χ1) is 8.34. The zero-order valence-corrected chi connectivity index (χ0v) is 10.0. The molecule has 1 aromatic carbocycles. The summed E-state index contributed by atoms with van der Waals surface area (Å²) in [5.74, 6) is 0.450. The van der Waals surface area contributed by atoms with Crippen LogP contribution < -0.4 is 5.32 Å². The zero-order valence-electron chi connectivity index (χ0n) is 9.22. The lowest BCUT2D eigenvalue weighted by Crippen LogP contribution is -2.24. The number of thioether (sulfide) groups is 1. The maximum Gasteiger partial charge on any atom is 0.230 e. The number of H-pyrrole nitrogens is 1. The normalized spacial score (nSPS) is 10.1. The monoisotopic (exact) mass is 247 g/mol. The van der Waals surface area contributed by atoms with Crippen molar-refractivity contribution in [2.45, 2.75) is 11.4 Å². The van der Waals surface area contributed by atoms with Crippen molar-refractivity contribution in [2.24, 2.45) is 0 Å². The van der Waals surface area contributed by atoms with E-state index in [2.05, 4.69) is 15.3 Å². The van der Waals surface area contributed by atoms with Gasteiger partial charge in [0.2, 0.25) is 5.91 Å². The zero-order chi connectivity index (χ0) is 11.9. The topological polar surface area (TPSA) is 57.8 Å². The van der Waals surface area contributed by atoms with Crippen molar-refractivity contribution in [3.63, 3.8) is 0 Å². The minimum Gasteiger partial charge on any atom is -0.350 e. The minimum absolute atomic E-state index is 0.0217. The van der Waals surface area contributed by atoms with Gasteiger partial charge in [-0.2, -0.15) is 0 Å². The van der Waals surface area contributed by atoms with Gasteiger partial charge in [0.1, 0.15) is 0 Å². The molecule has 0 saturated carbocycles. The molecule has 0 saturated heterocycles. The van der Waals surface area contributed by atoms with Gasteiger partial charge in [0.05, 0.1) is 24.3 Å². The Hall–Kier alpha value is -1.75. The smallest absolute Gasteiger partial charge is 0.230 e. The lowest BCUT2D eigenvalue weighted by Gasteiger charge is -2.03. The summed E-state index contributed by atoms with van der Waals surface area (Å²) in [6.45, 7) is 0.494. The number of amides is 1. The first kappa shape index (κ1) is 11.7. The molecule has 0 aliphatic heterocycles. The van der Waals surface area contributed by atoms with Crippen molar-refractivity contribution in [2.75, 3.05) is 5.75 Å². The number of benzene rings is 1. The third-order valence-corrected chi connectivity index (χ3v) is 3.16. The molecule has 4 nitrogen and oxygen atoms in total. The number of nitrogens with one attached hydrogen (secondary N) is 2. The van der Waals surface area contributed by atoms with Crippen molar-refractivity contribution in [1.82, 2.24) is 15.3 Å². The van der Waals surface area contributed by atoms with Crippen molar-refractivity contribution in [1.29, 1.82) is 0 Å². The van der Waals surface area contributed by atoms with Crippen LogP contribution >= 0.6 is 11.8 Å². The fourth-order valence-electron chi connectivity index (χ4n) is 1.29. The second kappa shape index (κ2) is 6.10. The Morgan fingerprint density at radius 3 is 2.88 bits per heavy atom. The van der Waals surface area contributed by atoms with Gasteiger partial charge in [0.25, 0.3) is 0 Å². The third kappa shape index (κ3) is 3.96. The third-order valence-electron chi connectivity index (χ3n) is 2.14. The molecular weight excluding hydrogens is 234 g/mol. The molecule has 1 aromatic heterocycles. The Morgan fingerprint density at radius 2 is 2.18 bits per heavy atom. The van der Waals surface area contributed by atoms with Gasteiger partial charge in [0.15, 0.2) is 0 Å². The van der Waals surface area contributed by atoms with Crippen molar-refractivity contribution in [3.8, 4) is 0 Å². The van der Waals surface area contributed by atoms with Crippen LogP contribution in [0.1, 0.15) is 5.69 Å². The van der Waals surface area contributed by atoms with Gasteiger partial charge < -0.3 is 10.3 Å². The highest BCUT2D eigenvalue weighted by molar-refractivity contribution is 8.00. The van der Waals surface area contributed by atoms with Crippen molar-refractivity contribution in [3.05, 3.63) is 48.5 Å². The van der Waals surface area contributed by atoms with Crippen LogP contribution in [0.5, 0.6) is 0 Å². The van der Waals surface area contributed by atoms with Crippen LogP contribution in [0, 0.1) is 0 Å². The number of rotatable bonds is 5. The maximum atomic E-state index is 11.5. The van der Waals surface area contributed by atoms with Crippen molar-refractivity contribution >= 4 is 17.7 Å². The summed E-state index contributed by atoms with van der Waals surface area (Å²) >= 11 is 1.53. The summed E-state index contributed by atoms with van der Waals surface area (Å²) in [7, 11) is 0. The Balaban J connectivity index is 1.71. The molecule has 0 bridgehead atoms. The first-order valence-electron chi connectivity index (χ1n) is 5.26. The minimum atomic E-state index is 0.0217. The molecule has 1 heterocycles. The van der Waals surface area contributed by atoms with Crippen LogP contribution in [0.2, 0.25) is 0 Å². The predicted octanol–water partition coefficient (Wildman–Crippen LogP) is 1.82. The van der Waals surface area contributed by atoms with Gasteiger partial charge in [0, 0.05) is 11.1 Å². The van der Waals surface area contributed by atoms with Gasteiger partial charge in [-0.15, -0.1) is 11.8 Å². The van der Waals surface area contributed by atoms with E-state index in [4.69, 9.17) is 0 Å². The van der Waals surface area contributed by atoms with E-state index in [0.717, 1.165) is 10.6 Å². The van der Waals surface area contributed by atoms with Crippen LogP contribution in [-0.2, 0) is 11.3 Å². The Kier molecular flexibility index (Phi) is 4.21. The summed E-state index contributed by atoms with van der Waals surface area (Å²) in [6.07, 6.45) is 3.30. The van der Waals surface area contributed by atoms with E-state index in [-0.39, 0.29) is 5.91 Å². The van der Waals surface area contributed by atoms with E-state index in [0.29, 0.717) is 12.3 Å². The van der Waals surface area contributed by atoms with E-state index < -0.39 is 0 Å². The highest BCUT2D eigenvalue weighted by Gasteiger charge is 2.02. The average molecular weight is 247 g/mol. The van der Waals surface area contributed by atoms with E-state index >= 15 is 0 Å². The molecule has 0 aliphatic rings. The molecule has 0 atom stereocenters. The van der Waals surface area contributed by atoms with E-state index in [1.54, 1.807) is 12.5 Å². The number of hydrogen-bond donors (Lipinski definition) is 2. The largest absolute Gasteiger partial charge is 0.350 e. The van der Waals surface area contributed by atoms with Gasteiger partial charge in [-0.25, -0.2) is 4.98 Å². The molecule has 0 aliphatic carbocycles. The number of carbonyl (C=O) groups is 1. The fraction of sp³-hybridized carbons (Fsp3) is 0.167. The van der Waals surface area contributed by atoms with Crippen LogP contribution in [0.25, 0.3) is 0 Å². The summed E-state index contributed by atoms with van der Waals surface area (Å²) in [4.78, 5) is 19.5. The van der Waals surface area contributed by atoms with Crippen LogP contribution in [0.4, 0.5) is 0 Å². The molecule has 88 valence electrons. The van der Waals surface area contributed by atoms with Crippen LogP contribution in [0.3, 0.4) is 0 Å². The molecule has 0 unspecified atom stereocenters. The molecule has 1 amide bonds. The predicted molar refractivity (Wildman–Crippen MR) is 67.6 cm³/mol. The van der Waals surface area contributed by atoms with E-state index in [1.165, 1.54) is 11.8 Å². The molecule has 0 spiro atoms. The lowest BCUT2D eigenvalue weighted by atomic mass is 10.4. The Labute approximate surface area is 104 Å². The summed E-state index contributed by atoms with van der Waals surface area (Å²) in [5, 5.41) is 2.82. The summed E-state index contributed by atoms with van der Waals surface area (Å²) in [5.41, 5.74) is 0.906. The molecule has 2 N–H and O–H groups in total. The average Bonchev–Trinajstić information content (AvgIpc) is 2.88. The quantitative estimate of drug-likeness (QED) is 0.792. The Bertz CT molecular complexity index is 456. The highest BCUT2D eigenvalue weighted by atomic mass is 32.2. The van der Waals surface area contributed by atoms with Gasteiger partial charge in [-0.05, 0) is 12.1 Å². The summed E-state index contributed by atoms with van der Waals surface area (Å²) in [6, 6.07) is 9.87. The fourth-order valence-corrected chi connectivity index (χ4v) is 2.04. The second-order valence-corrected chi connectivity index (χ2v) is 4.50. The standard InChI is InChI=1S/C12H13N3OS/c16-12(14-7-10-6-13-9-15-10)8-17-11-4-2-1-3-5-11/h1-6,9H,7-8H2,(H,13,15)(H,14,16). The second-order valence-electron chi connectivity index (χ2n) is 3.46. The van der Waals surface area contributed by atoms with Gasteiger partial charge in [-0.3, -0.25) is 4.79 Å². The number of aromatic nitrogens is 2. The van der Waals surface area contributed by atoms with E-state index in [1.807, 2.05) is 30.3 Å². The molecule has 2 rings (SSSR count). The highest BCUT2D eigenvalue weighted by Crippen LogP contribution is 2.16. The number of imidazole rings is 1. The molecule has 0 fully saturated rings. The number of nitrogens with zero attached hydrogens (tertiary/aromatic N) is 1. The molecular formula is C12H13N3OS. The van der Waals surface area contributed by atoms with E-state index in [9.17, 15) is 4.79 Å². The number of hydrogen-bond acceptors (Lipinski definition) is 3. The SMILES string of the molecule is O=C(CSc1ccccc1)NCc1cnc[nH]1. The van der Waals surface area contributed by atoms with Crippen LogP contribution in [-0.4, -0.2) is 21.6 Å². The number of carbonyl (C=O) groups excluding carboxylic acids is 1. The lowest BCUT2D eigenvalue weighted by molar-refractivity contribution is -0.118. The summed E-state index contributed by atoms with van der Waals surface area (Å²) < 4.78 is 0. The van der Waals surface area contributed by atoms with Gasteiger partial charge >= 0.3 is 0 Å². The maximum absolute atomic E-state index is 11.5. The molecule has 5 heteroatoms. The number of aromatic amines is 1. The van der Waals surface area contributed by atoms with Crippen molar-refractivity contribution < 1.29 is 4.79 Å². The van der Waals surface area contributed by atoms with Gasteiger partial charge in [-0.1, -0.05) is 18.2 Å². The molecule has 0 radical (unpaired) electrons. The Morgan fingerprint density at radius 1 is 1.35 bits per heavy atom. The molecule has 2 aromatic rings.